The van der Waals surface area contributed by atoms with Crippen LogP contribution in [0.5, 0.6) is 0 Å². The molecule has 0 heterocycles. The lowest BCUT2D eigenvalue weighted by atomic mass is 9.53. The van der Waals surface area contributed by atoms with Crippen molar-refractivity contribution in [3.8, 4) is 0 Å². The Morgan fingerprint density at radius 2 is 1.48 bits per heavy atom. The predicted octanol–water partition coefficient (Wildman–Crippen LogP) is 0.112. The van der Waals surface area contributed by atoms with Gasteiger partial charge in [0.15, 0.2) is 13.1 Å². The molecule has 1 unspecified atom stereocenters. The summed E-state index contributed by atoms with van der Waals surface area (Å²) in [6.07, 6.45) is 7.71. The highest BCUT2D eigenvalue weighted by molar-refractivity contribution is 5.79. The molecule has 3 N–H and O–H groups in total. The number of quaternary nitrogens is 1. The lowest BCUT2D eigenvalue weighted by molar-refractivity contribution is -0.881. The van der Waals surface area contributed by atoms with Crippen LogP contribution in [0.1, 0.15) is 52.4 Å². The third-order valence-corrected chi connectivity index (χ3v) is 6.14. The number of amides is 2. The van der Waals surface area contributed by atoms with Crippen LogP contribution in [-0.4, -0.2) is 43.5 Å². The topological polar surface area (TPSA) is 62.6 Å². The van der Waals surface area contributed by atoms with Gasteiger partial charge in [0.25, 0.3) is 11.8 Å². The third kappa shape index (κ3) is 3.87. The smallest absolute Gasteiger partial charge is 0.275 e. The molecule has 5 heteroatoms. The normalized spacial score (nSPS) is 35.8. The maximum Gasteiger partial charge on any atom is 0.275 e. The molecular formula is C18H32N3O2+. The monoisotopic (exact) mass is 322 g/mol. The molecule has 4 aliphatic carbocycles. The van der Waals surface area contributed by atoms with E-state index in [0.29, 0.717) is 19.6 Å². The van der Waals surface area contributed by atoms with Crippen molar-refractivity contribution in [1.29, 1.82) is 0 Å². The molecule has 5 nitrogen and oxygen atoms in total. The fourth-order valence-corrected chi connectivity index (χ4v) is 5.63. The zero-order valence-electron chi connectivity index (χ0n) is 14.6. The third-order valence-electron chi connectivity index (χ3n) is 6.14. The molecule has 4 saturated carbocycles. The van der Waals surface area contributed by atoms with Crippen LogP contribution in [0.4, 0.5) is 0 Å². The van der Waals surface area contributed by atoms with Crippen molar-refractivity contribution in [3.05, 3.63) is 0 Å². The molecule has 130 valence electrons. The summed E-state index contributed by atoms with van der Waals surface area (Å²) in [4.78, 5) is 25.4. The molecule has 0 aromatic carbocycles. The summed E-state index contributed by atoms with van der Waals surface area (Å²) < 4.78 is 0. The van der Waals surface area contributed by atoms with E-state index in [0.717, 1.165) is 29.2 Å². The van der Waals surface area contributed by atoms with Crippen molar-refractivity contribution >= 4 is 11.8 Å². The number of nitrogens with one attached hydrogen (secondary N) is 3. The van der Waals surface area contributed by atoms with E-state index >= 15 is 0 Å². The number of hydrogen-bond acceptors (Lipinski definition) is 2. The van der Waals surface area contributed by atoms with Crippen molar-refractivity contribution in [2.75, 3.05) is 26.2 Å². The van der Waals surface area contributed by atoms with Crippen LogP contribution in [0.2, 0.25) is 0 Å². The van der Waals surface area contributed by atoms with E-state index in [9.17, 15) is 9.59 Å². The van der Waals surface area contributed by atoms with Gasteiger partial charge in [-0.05, 0) is 70.1 Å². The molecule has 1 atom stereocenters. The Morgan fingerprint density at radius 3 is 1.96 bits per heavy atom. The number of rotatable bonds is 7. The Bertz CT molecular complexity index is 428. The molecule has 0 aromatic heterocycles. The van der Waals surface area contributed by atoms with Crippen molar-refractivity contribution in [2.45, 2.75) is 57.9 Å². The second kappa shape index (κ2) is 6.80. The van der Waals surface area contributed by atoms with E-state index in [4.69, 9.17) is 0 Å². The van der Waals surface area contributed by atoms with Crippen LogP contribution >= 0.6 is 0 Å². The first kappa shape index (κ1) is 16.7. The predicted molar refractivity (Wildman–Crippen MR) is 89.0 cm³/mol. The van der Waals surface area contributed by atoms with Gasteiger partial charge >= 0.3 is 0 Å². The minimum atomic E-state index is 0.0342. The summed E-state index contributed by atoms with van der Waals surface area (Å²) in [5.41, 5.74) is 0.0797. The Balaban J connectivity index is 1.53. The standard InChI is InChI=1S/C18H31N3O2/c1-3-19-16(22)11-21(4-2)12-17(23)20-18-8-13-5-14(9-18)7-15(6-13)10-18/h13-15H,3-12H2,1-2H3,(H,19,22)(H,20,23)/p+1. The Morgan fingerprint density at radius 1 is 0.957 bits per heavy atom. The molecule has 0 aromatic rings. The number of carbonyl (C=O) groups is 2. The fraction of sp³-hybridized carbons (Fsp3) is 0.889. The van der Waals surface area contributed by atoms with Crippen LogP contribution < -0.4 is 15.5 Å². The first-order valence-electron chi connectivity index (χ1n) is 9.43. The van der Waals surface area contributed by atoms with Crippen molar-refractivity contribution < 1.29 is 14.5 Å². The molecule has 0 spiro atoms. The van der Waals surface area contributed by atoms with Gasteiger partial charge in [0.05, 0.1) is 6.54 Å². The van der Waals surface area contributed by atoms with Crippen LogP contribution in [0.25, 0.3) is 0 Å². The van der Waals surface area contributed by atoms with Crippen LogP contribution in [0.3, 0.4) is 0 Å². The number of likely N-dealkylation sites (N-methyl/N-ethyl adjacent to an activating group) is 2. The Labute approximate surface area is 139 Å². The van der Waals surface area contributed by atoms with Gasteiger partial charge in [-0.1, -0.05) is 0 Å². The van der Waals surface area contributed by atoms with Crippen LogP contribution in [0.15, 0.2) is 0 Å². The summed E-state index contributed by atoms with van der Waals surface area (Å²) in [7, 11) is 0. The van der Waals surface area contributed by atoms with Gasteiger partial charge in [0.1, 0.15) is 0 Å². The first-order valence-corrected chi connectivity index (χ1v) is 9.43. The summed E-state index contributed by atoms with van der Waals surface area (Å²) in [5, 5.41) is 6.22. The number of carbonyl (C=O) groups excluding carboxylic acids is 2. The molecule has 2 amide bonds. The van der Waals surface area contributed by atoms with Gasteiger partial charge in [-0.15, -0.1) is 0 Å². The zero-order valence-corrected chi connectivity index (χ0v) is 14.6. The number of hydrogen-bond donors (Lipinski definition) is 3. The molecule has 0 saturated heterocycles. The van der Waals surface area contributed by atoms with Gasteiger partial charge in [-0.3, -0.25) is 9.59 Å². The highest BCUT2D eigenvalue weighted by Gasteiger charge is 2.51. The Kier molecular flexibility index (Phi) is 4.95. The highest BCUT2D eigenvalue weighted by Crippen LogP contribution is 2.55. The van der Waals surface area contributed by atoms with E-state index < -0.39 is 0 Å². The summed E-state index contributed by atoms with van der Waals surface area (Å²) in [6.45, 7) is 6.20. The minimum Gasteiger partial charge on any atom is -0.351 e. The fourth-order valence-electron chi connectivity index (χ4n) is 5.63. The minimum absolute atomic E-state index is 0.0342. The summed E-state index contributed by atoms with van der Waals surface area (Å²) in [6, 6.07) is 0. The van der Waals surface area contributed by atoms with E-state index in [1.54, 1.807) is 0 Å². The van der Waals surface area contributed by atoms with E-state index in [2.05, 4.69) is 10.6 Å². The maximum atomic E-state index is 12.6. The average molecular weight is 322 g/mol. The van der Waals surface area contributed by atoms with Gasteiger partial charge < -0.3 is 15.5 Å². The van der Waals surface area contributed by atoms with E-state index in [1.165, 1.54) is 38.5 Å². The Hall–Kier alpha value is -1.10. The summed E-state index contributed by atoms with van der Waals surface area (Å²) in [5.74, 6) is 2.68. The largest absolute Gasteiger partial charge is 0.351 e. The lowest BCUT2D eigenvalue weighted by Crippen LogP contribution is -3.14. The second-order valence-corrected chi connectivity index (χ2v) is 8.16. The SMILES string of the molecule is CCNC(=O)C[NH+](CC)CC(=O)NC12CC3CC(CC(C3)C1)C2. The summed E-state index contributed by atoms with van der Waals surface area (Å²) >= 11 is 0. The molecular weight excluding hydrogens is 290 g/mol. The molecule has 4 bridgehead atoms. The van der Waals surface area contributed by atoms with Crippen molar-refractivity contribution in [2.24, 2.45) is 17.8 Å². The van der Waals surface area contributed by atoms with Crippen LogP contribution in [-0.2, 0) is 9.59 Å². The lowest BCUT2D eigenvalue weighted by Gasteiger charge is -2.56. The van der Waals surface area contributed by atoms with Crippen molar-refractivity contribution in [3.63, 3.8) is 0 Å². The zero-order chi connectivity index (χ0) is 16.4. The van der Waals surface area contributed by atoms with Crippen LogP contribution in [0, 0.1) is 17.8 Å². The molecule has 4 aliphatic rings. The molecule has 23 heavy (non-hydrogen) atoms. The molecule has 0 aliphatic heterocycles. The van der Waals surface area contributed by atoms with Crippen molar-refractivity contribution in [1.82, 2.24) is 10.6 Å². The quantitative estimate of drug-likeness (QED) is 0.623. The van der Waals surface area contributed by atoms with E-state index in [-0.39, 0.29) is 17.4 Å². The molecule has 4 rings (SSSR count). The maximum absolute atomic E-state index is 12.6. The average Bonchev–Trinajstić information content (AvgIpc) is 2.44. The highest BCUT2D eigenvalue weighted by atomic mass is 16.2. The van der Waals surface area contributed by atoms with Gasteiger partial charge in [-0.25, -0.2) is 0 Å². The second-order valence-electron chi connectivity index (χ2n) is 8.16. The van der Waals surface area contributed by atoms with Gasteiger partial charge in [0, 0.05) is 12.1 Å². The van der Waals surface area contributed by atoms with Gasteiger partial charge in [-0.2, -0.15) is 0 Å². The first-order chi connectivity index (χ1) is 11.0. The molecule has 4 fully saturated rings. The van der Waals surface area contributed by atoms with E-state index in [1.807, 2.05) is 13.8 Å². The van der Waals surface area contributed by atoms with Gasteiger partial charge in [0.2, 0.25) is 0 Å². The molecule has 0 radical (unpaired) electrons.